The highest BCUT2D eigenvalue weighted by atomic mass is 79.9. The van der Waals surface area contributed by atoms with Crippen molar-refractivity contribution in [1.29, 1.82) is 5.26 Å². The number of nitrogens with one attached hydrogen (secondary N) is 3. The van der Waals surface area contributed by atoms with Crippen LogP contribution >= 0.6 is 39.3 Å². The number of benzene rings is 3. The van der Waals surface area contributed by atoms with E-state index < -0.39 is 5.92 Å². The molecule has 0 bridgehead atoms. The highest BCUT2D eigenvalue weighted by molar-refractivity contribution is 9.10. The van der Waals surface area contributed by atoms with Gasteiger partial charge < -0.3 is 16.0 Å². The van der Waals surface area contributed by atoms with Crippen molar-refractivity contribution in [3.63, 3.8) is 0 Å². The predicted molar refractivity (Wildman–Crippen MR) is 153 cm³/mol. The van der Waals surface area contributed by atoms with Crippen LogP contribution in [0.15, 0.2) is 105 Å². The minimum absolute atomic E-state index is 0.0671. The Balaban J connectivity index is 1.63. The van der Waals surface area contributed by atoms with Gasteiger partial charge in [0, 0.05) is 32.1 Å². The zero-order valence-corrected chi connectivity index (χ0v) is 22.9. The number of thioether (sulfide) groups is 1. The van der Waals surface area contributed by atoms with Gasteiger partial charge in [-0.25, -0.2) is 0 Å². The van der Waals surface area contributed by atoms with Crippen molar-refractivity contribution in [2.24, 2.45) is 0 Å². The van der Waals surface area contributed by atoms with Gasteiger partial charge in [-0.1, -0.05) is 75.7 Å². The molecule has 1 aliphatic rings. The van der Waals surface area contributed by atoms with Crippen molar-refractivity contribution < 1.29 is 9.59 Å². The summed E-state index contributed by atoms with van der Waals surface area (Å²) in [7, 11) is 0. The van der Waals surface area contributed by atoms with Crippen LogP contribution in [0.25, 0.3) is 0 Å². The standard InChI is InChI=1S/C28H22BrClN4O2S/c1-17-25(27(36)34-19-7-3-2-4-8-19)26(21-9-5-6-10-23(21)30)22(15-31)28(32-17)37-16-24(35)33-20-13-11-18(29)12-14-20/h2-14,26,32H,16H2,1H3,(H,33,35)(H,34,36)/t26-/m1/s1. The summed E-state index contributed by atoms with van der Waals surface area (Å²) in [5.74, 6) is -1.20. The number of nitrogens with zero attached hydrogens (tertiary/aromatic N) is 1. The van der Waals surface area contributed by atoms with E-state index >= 15 is 0 Å². The average Bonchev–Trinajstić information content (AvgIpc) is 2.89. The Morgan fingerprint density at radius 3 is 2.32 bits per heavy atom. The molecule has 3 aromatic rings. The van der Waals surface area contributed by atoms with Crippen molar-refractivity contribution in [2.45, 2.75) is 12.8 Å². The van der Waals surface area contributed by atoms with Gasteiger partial charge in [0.05, 0.1) is 28.3 Å². The van der Waals surface area contributed by atoms with Crippen molar-refractivity contribution in [2.75, 3.05) is 16.4 Å². The molecule has 37 heavy (non-hydrogen) atoms. The lowest BCUT2D eigenvalue weighted by Gasteiger charge is -2.30. The lowest BCUT2D eigenvalue weighted by atomic mass is 9.82. The van der Waals surface area contributed by atoms with Gasteiger partial charge in [0.2, 0.25) is 5.91 Å². The summed E-state index contributed by atoms with van der Waals surface area (Å²) >= 11 is 11.1. The van der Waals surface area contributed by atoms with E-state index in [9.17, 15) is 14.9 Å². The summed E-state index contributed by atoms with van der Waals surface area (Å²) in [5.41, 5.74) is 3.23. The molecule has 6 nitrogen and oxygen atoms in total. The second-order valence-corrected chi connectivity index (χ2v) is 10.4. The molecule has 0 spiro atoms. The van der Waals surface area contributed by atoms with E-state index in [0.717, 1.165) is 4.47 Å². The van der Waals surface area contributed by atoms with Crippen molar-refractivity contribution >= 4 is 62.5 Å². The van der Waals surface area contributed by atoms with E-state index in [1.807, 2.05) is 36.4 Å². The Morgan fingerprint density at radius 1 is 1.00 bits per heavy atom. The summed E-state index contributed by atoms with van der Waals surface area (Å²) in [4.78, 5) is 26.1. The molecule has 0 unspecified atom stereocenters. The normalized spacial score (nSPS) is 15.0. The van der Waals surface area contributed by atoms with Gasteiger partial charge >= 0.3 is 0 Å². The Kier molecular flexibility index (Phi) is 8.72. The number of amides is 2. The molecule has 9 heteroatoms. The molecule has 0 aromatic heterocycles. The molecule has 0 radical (unpaired) electrons. The van der Waals surface area contributed by atoms with Crippen LogP contribution in [0.4, 0.5) is 11.4 Å². The average molecular weight is 594 g/mol. The molecule has 3 aromatic carbocycles. The van der Waals surface area contributed by atoms with E-state index in [0.29, 0.717) is 43.8 Å². The number of hydrogen-bond acceptors (Lipinski definition) is 5. The highest BCUT2D eigenvalue weighted by Gasteiger charge is 2.35. The van der Waals surface area contributed by atoms with Gasteiger partial charge in [0.1, 0.15) is 0 Å². The maximum atomic E-state index is 13.5. The summed E-state index contributed by atoms with van der Waals surface area (Å²) in [6.45, 7) is 1.78. The van der Waals surface area contributed by atoms with Crippen LogP contribution in [0.1, 0.15) is 18.4 Å². The zero-order chi connectivity index (χ0) is 26.4. The largest absolute Gasteiger partial charge is 0.353 e. The lowest BCUT2D eigenvalue weighted by molar-refractivity contribution is -0.114. The molecule has 1 heterocycles. The summed E-state index contributed by atoms with van der Waals surface area (Å²) in [6.07, 6.45) is 0. The Morgan fingerprint density at radius 2 is 1.65 bits per heavy atom. The first-order valence-corrected chi connectivity index (χ1v) is 13.4. The molecular weight excluding hydrogens is 572 g/mol. The van der Waals surface area contributed by atoms with E-state index in [2.05, 4.69) is 37.9 Å². The molecule has 4 rings (SSSR count). The number of rotatable bonds is 7. The number of allylic oxidation sites excluding steroid dienone is 2. The number of dihydropyridines is 1. The first-order valence-electron chi connectivity index (χ1n) is 11.3. The SMILES string of the molecule is CC1=C(C(=O)Nc2ccccc2)[C@H](c2ccccc2Cl)C(C#N)=C(SCC(=O)Nc2ccc(Br)cc2)N1. The van der Waals surface area contributed by atoms with Gasteiger partial charge in [-0.15, -0.1) is 0 Å². The molecule has 0 aliphatic carbocycles. The third kappa shape index (κ3) is 6.44. The minimum atomic E-state index is -0.708. The van der Waals surface area contributed by atoms with Crippen LogP contribution in [-0.4, -0.2) is 17.6 Å². The van der Waals surface area contributed by atoms with Gasteiger partial charge in [0.25, 0.3) is 5.91 Å². The van der Waals surface area contributed by atoms with Crippen LogP contribution < -0.4 is 16.0 Å². The number of anilines is 2. The maximum Gasteiger partial charge on any atom is 0.254 e. The maximum absolute atomic E-state index is 13.5. The van der Waals surface area contributed by atoms with Crippen molar-refractivity contribution in [3.05, 3.63) is 116 Å². The smallest absolute Gasteiger partial charge is 0.254 e. The fourth-order valence-electron chi connectivity index (χ4n) is 3.94. The Labute approximate surface area is 232 Å². The molecule has 0 saturated heterocycles. The second-order valence-electron chi connectivity index (χ2n) is 8.14. The van der Waals surface area contributed by atoms with Crippen LogP contribution in [0.2, 0.25) is 5.02 Å². The minimum Gasteiger partial charge on any atom is -0.353 e. The molecule has 186 valence electrons. The quantitative estimate of drug-likeness (QED) is 0.280. The number of halogens is 2. The van der Waals surface area contributed by atoms with Crippen molar-refractivity contribution in [3.8, 4) is 6.07 Å². The predicted octanol–water partition coefficient (Wildman–Crippen LogP) is 6.81. The first kappa shape index (κ1) is 26.6. The second kappa shape index (κ2) is 12.2. The third-order valence-electron chi connectivity index (χ3n) is 5.62. The number of nitriles is 1. The highest BCUT2D eigenvalue weighted by Crippen LogP contribution is 2.43. The molecule has 2 amide bonds. The van der Waals surface area contributed by atoms with Crippen molar-refractivity contribution in [1.82, 2.24) is 5.32 Å². The van der Waals surface area contributed by atoms with E-state index in [1.54, 1.807) is 49.4 Å². The lowest BCUT2D eigenvalue weighted by Crippen LogP contribution is -2.31. The fraction of sp³-hybridized carbons (Fsp3) is 0.107. The van der Waals surface area contributed by atoms with Crippen LogP contribution in [0.3, 0.4) is 0 Å². The van der Waals surface area contributed by atoms with Crippen LogP contribution in [0, 0.1) is 11.3 Å². The first-order chi connectivity index (χ1) is 17.9. The fourth-order valence-corrected chi connectivity index (χ4v) is 5.34. The summed E-state index contributed by atoms with van der Waals surface area (Å²) in [5, 5.41) is 20.1. The topological polar surface area (TPSA) is 94.0 Å². The number of para-hydroxylation sites is 1. The molecular formula is C28H22BrClN4O2S. The van der Waals surface area contributed by atoms with Gasteiger partial charge in [-0.05, 0) is 55.0 Å². The Bertz CT molecular complexity index is 1430. The van der Waals surface area contributed by atoms with Gasteiger partial charge in [0.15, 0.2) is 0 Å². The van der Waals surface area contributed by atoms with Crippen LogP contribution in [0.5, 0.6) is 0 Å². The van der Waals surface area contributed by atoms with Gasteiger partial charge in [-0.2, -0.15) is 5.26 Å². The Hall–Kier alpha value is -3.51. The number of carbonyl (C=O) groups is 2. The number of carbonyl (C=O) groups excluding carboxylic acids is 2. The molecule has 1 aliphatic heterocycles. The monoisotopic (exact) mass is 592 g/mol. The third-order valence-corrected chi connectivity index (χ3v) is 7.51. The van der Waals surface area contributed by atoms with E-state index in [-0.39, 0.29) is 17.6 Å². The molecule has 1 atom stereocenters. The molecule has 3 N–H and O–H groups in total. The molecule has 0 saturated carbocycles. The van der Waals surface area contributed by atoms with E-state index in [4.69, 9.17) is 11.6 Å². The number of hydrogen-bond donors (Lipinski definition) is 3. The van der Waals surface area contributed by atoms with Crippen LogP contribution in [-0.2, 0) is 9.59 Å². The summed E-state index contributed by atoms with van der Waals surface area (Å²) in [6, 6.07) is 25.8. The summed E-state index contributed by atoms with van der Waals surface area (Å²) < 4.78 is 0.912. The zero-order valence-electron chi connectivity index (χ0n) is 19.7. The van der Waals surface area contributed by atoms with Gasteiger partial charge in [-0.3, -0.25) is 9.59 Å². The molecule has 0 fully saturated rings. The van der Waals surface area contributed by atoms with E-state index in [1.165, 1.54) is 11.8 Å².